The summed E-state index contributed by atoms with van der Waals surface area (Å²) in [5, 5.41) is 14.2. The number of carbonyl (C=O) groups is 6. The van der Waals surface area contributed by atoms with Gasteiger partial charge in [-0.25, -0.2) is 0 Å². The van der Waals surface area contributed by atoms with Gasteiger partial charge in [-0.05, 0) is 24.1 Å². The summed E-state index contributed by atoms with van der Waals surface area (Å²) < 4.78 is 0. The van der Waals surface area contributed by atoms with Crippen molar-refractivity contribution in [3.05, 3.63) is 65.2 Å². The molecule has 1 saturated heterocycles. The Bertz CT molecular complexity index is 1260. The number of piperidine rings is 1. The van der Waals surface area contributed by atoms with E-state index >= 15 is 0 Å². The Kier molecular flexibility index (Phi) is 7.61. The highest BCUT2D eigenvalue weighted by molar-refractivity contribution is 6.07. The second-order valence-electron chi connectivity index (χ2n) is 8.91. The molecule has 2 aliphatic rings. The van der Waals surface area contributed by atoms with Crippen molar-refractivity contribution >= 4 is 41.2 Å². The van der Waals surface area contributed by atoms with Crippen molar-refractivity contribution in [3.63, 3.8) is 0 Å². The third kappa shape index (κ3) is 6.00. The number of nitrogens with zero attached hydrogens (tertiary/aromatic N) is 2. The maximum absolute atomic E-state index is 12.9. The number of fused-ring (bicyclic) bond motifs is 1. The molecule has 0 aromatic heterocycles. The molecule has 5 amide bonds. The summed E-state index contributed by atoms with van der Waals surface area (Å²) in [6.45, 7) is -0.281. The molecule has 2 heterocycles. The zero-order valence-electron chi connectivity index (χ0n) is 19.9. The Morgan fingerprint density at radius 3 is 2.49 bits per heavy atom. The Labute approximate surface area is 212 Å². The lowest BCUT2D eigenvalue weighted by molar-refractivity contribution is -0.145. The zero-order valence-corrected chi connectivity index (χ0v) is 19.9. The highest BCUT2D eigenvalue weighted by atomic mass is 16.4. The Morgan fingerprint density at radius 1 is 1.03 bits per heavy atom. The predicted octanol–water partition coefficient (Wildman–Crippen LogP) is 1.28. The van der Waals surface area contributed by atoms with Crippen molar-refractivity contribution in [1.82, 2.24) is 15.1 Å². The lowest BCUT2D eigenvalue weighted by Crippen LogP contribution is -2.52. The second-order valence-corrected chi connectivity index (χ2v) is 8.91. The number of hydrogen-bond donors (Lipinski definition) is 3. The van der Waals surface area contributed by atoms with E-state index in [1.54, 1.807) is 42.5 Å². The summed E-state index contributed by atoms with van der Waals surface area (Å²) in [4.78, 5) is 75.9. The van der Waals surface area contributed by atoms with Crippen molar-refractivity contribution in [2.45, 2.75) is 44.8 Å². The summed E-state index contributed by atoms with van der Waals surface area (Å²) in [6.07, 6.45) is -0.0120. The average molecular weight is 507 g/mol. The number of imide groups is 1. The minimum atomic E-state index is -1.15. The van der Waals surface area contributed by atoms with E-state index in [-0.39, 0.29) is 50.6 Å². The quantitative estimate of drug-likeness (QED) is 0.433. The van der Waals surface area contributed by atoms with Crippen LogP contribution in [-0.2, 0) is 37.1 Å². The molecule has 37 heavy (non-hydrogen) atoms. The fourth-order valence-electron chi connectivity index (χ4n) is 4.49. The van der Waals surface area contributed by atoms with Crippen LogP contribution in [0, 0.1) is 0 Å². The molecule has 192 valence electrons. The highest BCUT2D eigenvalue weighted by Crippen LogP contribution is 2.32. The Morgan fingerprint density at radius 2 is 1.78 bits per heavy atom. The first-order valence-electron chi connectivity index (χ1n) is 11.8. The van der Waals surface area contributed by atoms with Gasteiger partial charge in [-0.15, -0.1) is 0 Å². The van der Waals surface area contributed by atoms with E-state index in [2.05, 4.69) is 10.6 Å². The molecular weight excluding hydrogens is 480 g/mol. The summed E-state index contributed by atoms with van der Waals surface area (Å²) >= 11 is 0. The standard InChI is InChI=1S/C26H26N4O7/c31-21(11-12-23(33)29(15-24(34)35)13-16-5-2-1-3-6-16)27-19-8-4-7-17-18(19)14-30(26(17)37)20-9-10-22(32)28-25(20)36/h1-8,20H,9-15H2,(H,27,31)(H,34,35)(H,28,32,36). The van der Waals surface area contributed by atoms with Gasteiger partial charge in [0.25, 0.3) is 5.91 Å². The van der Waals surface area contributed by atoms with Crippen molar-refractivity contribution in [1.29, 1.82) is 0 Å². The van der Waals surface area contributed by atoms with Crippen LogP contribution in [-0.4, -0.2) is 63.0 Å². The van der Waals surface area contributed by atoms with Crippen molar-refractivity contribution < 1.29 is 33.9 Å². The van der Waals surface area contributed by atoms with Crippen LogP contribution in [0.5, 0.6) is 0 Å². The molecule has 0 spiro atoms. The molecule has 2 aromatic carbocycles. The van der Waals surface area contributed by atoms with Gasteiger partial charge in [0, 0.05) is 49.2 Å². The fraction of sp³-hybridized carbons (Fsp3) is 0.308. The molecule has 11 heteroatoms. The maximum Gasteiger partial charge on any atom is 0.323 e. The van der Waals surface area contributed by atoms with Crippen LogP contribution in [0.25, 0.3) is 0 Å². The van der Waals surface area contributed by atoms with Crippen molar-refractivity contribution in [2.75, 3.05) is 11.9 Å². The second kappa shape index (κ2) is 11.0. The van der Waals surface area contributed by atoms with Crippen LogP contribution >= 0.6 is 0 Å². The molecule has 11 nitrogen and oxygen atoms in total. The van der Waals surface area contributed by atoms with E-state index in [1.165, 1.54) is 9.80 Å². The molecule has 3 N–H and O–H groups in total. The number of hydrogen-bond acceptors (Lipinski definition) is 6. The van der Waals surface area contributed by atoms with Gasteiger partial charge < -0.3 is 20.2 Å². The van der Waals surface area contributed by atoms with Gasteiger partial charge >= 0.3 is 5.97 Å². The van der Waals surface area contributed by atoms with Crippen LogP contribution in [0.4, 0.5) is 5.69 Å². The molecule has 4 rings (SSSR count). The summed E-state index contributed by atoms with van der Waals surface area (Å²) in [5.74, 6) is -3.36. The molecule has 2 aromatic rings. The zero-order chi connectivity index (χ0) is 26.5. The lowest BCUT2D eigenvalue weighted by Gasteiger charge is -2.29. The van der Waals surface area contributed by atoms with E-state index in [4.69, 9.17) is 0 Å². The van der Waals surface area contributed by atoms with Crippen LogP contribution in [0.15, 0.2) is 48.5 Å². The van der Waals surface area contributed by atoms with Gasteiger partial charge in [-0.2, -0.15) is 0 Å². The van der Waals surface area contributed by atoms with E-state index < -0.39 is 36.3 Å². The molecule has 1 atom stereocenters. The normalized spacial score (nSPS) is 16.7. The number of rotatable bonds is 9. The Balaban J connectivity index is 1.38. The van der Waals surface area contributed by atoms with E-state index in [0.717, 1.165) is 5.56 Å². The maximum atomic E-state index is 12.9. The van der Waals surface area contributed by atoms with Gasteiger partial charge in [-0.3, -0.25) is 34.1 Å². The number of carbonyl (C=O) groups excluding carboxylic acids is 5. The lowest BCUT2D eigenvalue weighted by atomic mass is 10.0. The van der Waals surface area contributed by atoms with Gasteiger partial charge in [0.2, 0.25) is 23.6 Å². The minimum absolute atomic E-state index is 0.0965. The van der Waals surface area contributed by atoms with Crippen LogP contribution < -0.4 is 10.6 Å². The first-order chi connectivity index (χ1) is 17.7. The molecule has 2 aliphatic heterocycles. The first-order valence-corrected chi connectivity index (χ1v) is 11.8. The first kappa shape index (κ1) is 25.5. The molecule has 1 unspecified atom stereocenters. The molecule has 1 fully saturated rings. The molecule has 0 aliphatic carbocycles. The van der Waals surface area contributed by atoms with Crippen molar-refractivity contribution in [3.8, 4) is 0 Å². The number of amides is 5. The Hall–Kier alpha value is -4.54. The van der Waals surface area contributed by atoms with Gasteiger partial charge in [0.05, 0.1) is 0 Å². The average Bonchev–Trinajstić information content (AvgIpc) is 3.19. The van der Waals surface area contributed by atoms with Gasteiger partial charge in [0.15, 0.2) is 0 Å². The number of carboxylic acid groups (broad SMARTS) is 1. The highest BCUT2D eigenvalue weighted by Gasteiger charge is 2.40. The largest absolute Gasteiger partial charge is 0.480 e. The van der Waals surface area contributed by atoms with E-state index in [1.807, 2.05) is 6.07 Å². The minimum Gasteiger partial charge on any atom is -0.480 e. The number of aliphatic carboxylic acids is 1. The van der Waals surface area contributed by atoms with E-state index in [0.29, 0.717) is 16.8 Å². The SMILES string of the molecule is O=C(O)CN(Cc1ccccc1)C(=O)CCC(=O)Nc1cccc2c1CN(C1CCC(=O)NC1=O)C2=O. The third-order valence-electron chi connectivity index (χ3n) is 6.32. The number of anilines is 1. The summed E-state index contributed by atoms with van der Waals surface area (Å²) in [6, 6.07) is 13.0. The van der Waals surface area contributed by atoms with Crippen molar-refractivity contribution in [2.24, 2.45) is 0 Å². The smallest absolute Gasteiger partial charge is 0.323 e. The van der Waals surface area contributed by atoms with Crippen LogP contribution in [0.3, 0.4) is 0 Å². The fourth-order valence-corrected chi connectivity index (χ4v) is 4.49. The van der Waals surface area contributed by atoms with Gasteiger partial charge in [0.1, 0.15) is 12.6 Å². The van der Waals surface area contributed by atoms with Crippen LogP contribution in [0.1, 0.15) is 47.2 Å². The monoisotopic (exact) mass is 506 g/mol. The topological polar surface area (TPSA) is 153 Å². The molecule has 0 bridgehead atoms. The van der Waals surface area contributed by atoms with Crippen LogP contribution in [0.2, 0.25) is 0 Å². The summed E-state index contributed by atoms with van der Waals surface area (Å²) in [5.41, 5.74) is 2.07. The number of benzene rings is 2. The van der Waals surface area contributed by atoms with E-state index in [9.17, 15) is 33.9 Å². The number of carboxylic acids is 1. The van der Waals surface area contributed by atoms with Gasteiger partial charge in [-0.1, -0.05) is 36.4 Å². The third-order valence-corrected chi connectivity index (χ3v) is 6.32. The predicted molar refractivity (Wildman–Crippen MR) is 130 cm³/mol. The summed E-state index contributed by atoms with van der Waals surface area (Å²) in [7, 11) is 0. The molecular formula is C26H26N4O7. The number of nitrogens with one attached hydrogen (secondary N) is 2. The molecule has 0 radical (unpaired) electrons. The molecule has 0 saturated carbocycles.